The Hall–Kier alpha value is -3.70. The summed E-state index contributed by atoms with van der Waals surface area (Å²) in [4.78, 5) is 32.5. The van der Waals surface area contributed by atoms with Crippen molar-refractivity contribution in [3.8, 4) is 17.2 Å². The Labute approximate surface area is 254 Å². The number of anilines is 2. The van der Waals surface area contributed by atoms with Gasteiger partial charge in [-0.1, -0.05) is 6.92 Å². The molecule has 3 amide bonds. The molecule has 4 rings (SSSR count). The monoisotopic (exact) mass is 598 g/mol. The largest absolute Gasteiger partial charge is 0.490 e. The van der Waals surface area contributed by atoms with E-state index < -0.39 is 6.04 Å². The topological polar surface area (TPSA) is 113 Å². The minimum absolute atomic E-state index is 0.0934. The number of ether oxygens (including phenoxy) is 4. The zero-order chi connectivity index (χ0) is 31.1. The molecule has 2 heterocycles. The fourth-order valence-electron chi connectivity index (χ4n) is 5.20. The number of hydrogen-bond donors (Lipinski definition) is 2. The van der Waals surface area contributed by atoms with Crippen molar-refractivity contribution in [1.29, 1.82) is 0 Å². The molecule has 0 saturated carbocycles. The van der Waals surface area contributed by atoms with Crippen LogP contribution in [0.3, 0.4) is 0 Å². The molecule has 2 N–H and O–H groups in total. The number of amides is 3. The summed E-state index contributed by atoms with van der Waals surface area (Å²) in [7, 11) is 5.58. The highest BCUT2D eigenvalue weighted by molar-refractivity contribution is 5.98. The molecular formula is C32H46N4O7. The molecule has 0 fully saturated rings. The predicted octanol–water partition coefficient (Wildman–Crippen LogP) is 4.44. The number of likely N-dealkylation sites (N-methyl/N-ethyl adjacent to an activating group) is 1. The van der Waals surface area contributed by atoms with E-state index in [2.05, 4.69) is 5.32 Å². The van der Waals surface area contributed by atoms with Gasteiger partial charge in [-0.3, -0.25) is 4.79 Å². The highest BCUT2D eigenvalue weighted by Gasteiger charge is 2.31. The maximum Gasteiger partial charge on any atom is 0.321 e. The Morgan fingerprint density at radius 3 is 2.56 bits per heavy atom. The lowest BCUT2D eigenvalue weighted by Gasteiger charge is -2.36. The summed E-state index contributed by atoms with van der Waals surface area (Å²) in [6.07, 6.45) is 2.10. The number of nitrogens with one attached hydrogen (secondary N) is 1. The third-order valence-electron chi connectivity index (χ3n) is 7.98. The lowest BCUT2D eigenvalue weighted by Crippen LogP contribution is -2.48. The standard InChI is InChI=1S/C32H46N4O7/c1-21-17-36(22(2)19-37)31(38)26-16-25(34(4)5)11-13-27(26)43-23(3)9-7-8-14-40-30(21)18-35(6)32(39)33-24-10-12-28-29(15-24)42-20-41-28/h10-13,15-16,21-23,30,37H,7-9,14,17-20H2,1-6H3,(H,33,39)/t21-,22-,23+,30-/m0/s1. The first-order valence-corrected chi connectivity index (χ1v) is 15.0. The second-order valence-corrected chi connectivity index (χ2v) is 11.8. The van der Waals surface area contributed by atoms with Crippen LogP contribution >= 0.6 is 0 Å². The van der Waals surface area contributed by atoms with Crippen LogP contribution in [-0.4, -0.2) is 99.3 Å². The van der Waals surface area contributed by atoms with Crippen molar-refractivity contribution in [1.82, 2.24) is 9.80 Å². The maximum absolute atomic E-state index is 14.1. The molecule has 2 aliphatic heterocycles. The van der Waals surface area contributed by atoms with Gasteiger partial charge in [0.05, 0.1) is 30.4 Å². The number of rotatable bonds is 6. The predicted molar refractivity (Wildman–Crippen MR) is 165 cm³/mol. The van der Waals surface area contributed by atoms with E-state index in [4.69, 9.17) is 18.9 Å². The average Bonchev–Trinajstić information content (AvgIpc) is 3.45. The summed E-state index contributed by atoms with van der Waals surface area (Å²) in [5, 5.41) is 13.0. The molecule has 4 atom stereocenters. The van der Waals surface area contributed by atoms with Crippen LogP contribution in [0.4, 0.5) is 16.2 Å². The van der Waals surface area contributed by atoms with Crippen molar-refractivity contribution in [2.24, 2.45) is 5.92 Å². The number of nitrogens with zero attached hydrogens (tertiary/aromatic N) is 3. The van der Waals surface area contributed by atoms with E-state index in [0.29, 0.717) is 48.2 Å². The van der Waals surface area contributed by atoms with Gasteiger partial charge in [0, 0.05) is 64.2 Å². The first kappa shape index (κ1) is 32.2. The SMILES string of the molecule is C[C@@H]1CCCCO[C@@H](CN(C)C(=O)Nc2ccc3c(c2)OCO3)[C@@H](C)CN([C@@H](C)CO)C(=O)c2cc(N(C)C)ccc2O1. The summed E-state index contributed by atoms with van der Waals surface area (Å²) in [6.45, 7) is 6.97. The number of fused-ring (bicyclic) bond motifs is 2. The summed E-state index contributed by atoms with van der Waals surface area (Å²) < 4.78 is 23.4. The average molecular weight is 599 g/mol. The van der Waals surface area contributed by atoms with Gasteiger partial charge in [-0.2, -0.15) is 0 Å². The lowest BCUT2D eigenvalue weighted by atomic mass is 10.0. The fraction of sp³-hybridized carbons (Fsp3) is 0.562. The van der Waals surface area contributed by atoms with Gasteiger partial charge in [0.25, 0.3) is 5.91 Å². The Balaban J connectivity index is 1.55. The van der Waals surface area contributed by atoms with Gasteiger partial charge in [-0.15, -0.1) is 0 Å². The number of hydrogen-bond acceptors (Lipinski definition) is 8. The van der Waals surface area contributed by atoms with Crippen LogP contribution in [0, 0.1) is 5.92 Å². The molecule has 0 unspecified atom stereocenters. The van der Waals surface area contributed by atoms with Crippen LogP contribution in [-0.2, 0) is 4.74 Å². The van der Waals surface area contributed by atoms with Crippen LogP contribution in [0.25, 0.3) is 0 Å². The van der Waals surface area contributed by atoms with Crippen molar-refractivity contribution >= 4 is 23.3 Å². The Kier molecular flexibility index (Phi) is 11.0. The molecule has 0 saturated heterocycles. The van der Waals surface area contributed by atoms with E-state index in [1.165, 1.54) is 0 Å². The zero-order valence-electron chi connectivity index (χ0n) is 26.2. The van der Waals surface area contributed by atoms with Crippen LogP contribution in [0.15, 0.2) is 36.4 Å². The van der Waals surface area contributed by atoms with E-state index in [9.17, 15) is 14.7 Å². The molecule has 2 aromatic carbocycles. The number of aliphatic hydroxyl groups is 1. The van der Waals surface area contributed by atoms with Crippen LogP contribution in [0.2, 0.25) is 0 Å². The molecule has 236 valence electrons. The van der Waals surface area contributed by atoms with Crippen molar-refractivity contribution in [3.63, 3.8) is 0 Å². The first-order valence-electron chi connectivity index (χ1n) is 15.0. The molecule has 0 radical (unpaired) electrons. The van der Waals surface area contributed by atoms with Crippen LogP contribution < -0.4 is 24.4 Å². The number of aliphatic hydroxyl groups excluding tert-OH is 1. The van der Waals surface area contributed by atoms with E-state index in [1.807, 2.05) is 58.0 Å². The molecule has 11 heteroatoms. The third kappa shape index (κ3) is 8.23. The van der Waals surface area contributed by atoms with Crippen molar-refractivity contribution in [3.05, 3.63) is 42.0 Å². The smallest absolute Gasteiger partial charge is 0.321 e. The van der Waals surface area contributed by atoms with Crippen LogP contribution in [0.5, 0.6) is 17.2 Å². The minimum atomic E-state index is -0.441. The van der Waals surface area contributed by atoms with Gasteiger partial charge in [0.15, 0.2) is 11.5 Å². The van der Waals surface area contributed by atoms with Crippen molar-refractivity contribution in [2.45, 2.75) is 58.3 Å². The summed E-state index contributed by atoms with van der Waals surface area (Å²) in [5.74, 6) is 1.40. The first-order chi connectivity index (χ1) is 20.6. The number of urea groups is 1. The van der Waals surface area contributed by atoms with E-state index in [0.717, 1.165) is 24.9 Å². The highest BCUT2D eigenvalue weighted by Crippen LogP contribution is 2.34. The minimum Gasteiger partial charge on any atom is -0.490 e. The second-order valence-electron chi connectivity index (χ2n) is 11.8. The summed E-state index contributed by atoms with van der Waals surface area (Å²) >= 11 is 0. The molecule has 0 aliphatic carbocycles. The van der Waals surface area contributed by atoms with Gasteiger partial charge in [0.1, 0.15) is 5.75 Å². The normalized spacial score (nSPS) is 21.7. The second kappa shape index (κ2) is 14.7. The third-order valence-corrected chi connectivity index (χ3v) is 7.98. The Morgan fingerprint density at radius 1 is 1.07 bits per heavy atom. The van der Waals surface area contributed by atoms with Gasteiger partial charge in [-0.05, 0) is 63.4 Å². The molecule has 2 aromatic rings. The molecule has 11 nitrogen and oxygen atoms in total. The summed E-state index contributed by atoms with van der Waals surface area (Å²) in [5.41, 5.74) is 1.94. The molecule has 2 aliphatic rings. The van der Waals surface area contributed by atoms with E-state index in [-0.39, 0.29) is 43.5 Å². The van der Waals surface area contributed by atoms with Gasteiger partial charge < -0.3 is 44.1 Å². The van der Waals surface area contributed by atoms with Crippen LogP contribution in [0.1, 0.15) is 50.4 Å². The highest BCUT2D eigenvalue weighted by atomic mass is 16.7. The van der Waals surface area contributed by atoms with Crippen molar-refractivity contribution in [2.75, 3.05) is 64.5 Å². The zero-order valence-corrected chi connectivity index (χ0v) is 26.2. The van der Waals surface area contributed by atoms with Crippen molar-refractivity contribution < 1.29 is 33.6 Å². The van der Waals surface area contributed by atoms with Gasteiger partial charge >= 0.3 is 6.03 Å². The van der Waals surface area contributed by atoms with Gasteiger partial charge in [0.2, 0.25) is 6.79 Å². The fourth-order valence-corrected chi connectivity index (χ4v) is 5.20. The number of benzene rings is 2. The lowest BCUT2D eigenvalue weighted by molar-refractivity contribution is -0.0115. The maximum atomic E-state index is 14.1. The van der Waals surface area contributed by atoms with Gasteiger partial charge in [-0.25, -0.2) is 4.79 Å². The molecule has 43 heavy (non-hydrogen) atoms. The Morgan fingerprint density at radius 2 is 1.81 bits per heavy atom. The summed E-state index contributed by atoms with van der Waals surface area (Å²) in [6, 6.07) is 10.2. The van der Waals surface area contributed by atoms with E-state index in [1.54, 1.807) is 35.0 Å². The number of carbonyl (C=O) groups excluding carboxylic acids is 2. The van der Waals surface area contributed by atoms with E-state index >= 15 is 0 Å². The molecular weight excluding hydrogens is 552 g/mol. The molecule has 0 bridgehead atoms. The quantitative estimate of drug-likeness (QED) is 0.502. The molecule has 0 aromatic heterocycles. The Bertz CT molecular complexity index is 1260. The number of carbonyl (C=O) groups is 2. The molecule has 0 spiro atoms.